The number of amides is 1. The molecule has 0 spiro atoms. The van der Waals surface area contributed by atoms with Crippen LogP contribution in [0.25, 0.3) is 0 Å². The minimum absolute atomic E-state index is 0.0957. The lowest BCUT2D eigenvalue weighted by Gasteiger charge is -2.23. The van der Waals surface area contributed by atoms with E-state index in [1.165, 1.54) is 6.07 Å². The Hall–Kier alpha value is -2.56. The van der Waals surface area contributed by atoms with Crippen LogP contribution in [-0.2, 0) is 10.2 Å². The van der Waals surface area contributed by atoms with Crippen molar-refractivity contribution in [2.75, 3.05) is 29.9 Å². The quantitative estimate of drug-likeness (QED) is 0.826. The molecular formula is C22H27FN2O2. The van der Waals surface area contributed by atoms with Crippen LogP contribution in [-0.4, -0.2) is 25.6 Å². The van der Waals surface area contributed by atoms with Gasteiger partial charge in [0.2, 0.25) is 0 Å². The van der Waals surface area contributed by atoms with Gasteiger partial charge in [-0.1, -0.05) is 45.0 Å². The van der Waals surface area contributed by atoms with Crippen molar-refractivity contribution < 1.29 is 13.9 Å². The minimum atomic E-state index is -0.428. The van der Waals surface area contributed by atoms with Crippen molar-refractivity contribution in [1.29, 1.82) is 0 Å². The van der Waals surface area contributed by atoms with Crippen LogP contribution in [0.1, 0.15) is 39.2 Å². The van der Waals surface area contributed by atoms with Crippen LogP contribution < -0.4 is 15.0 Å². The Morgan fingerprint density at radius 1 is 1.11 bits per heavy atom. The van der Waals surface area contributed by atoms with Gasteiger partial charge in [-0.2, -0.15) is 0 Å². The first-order chi connectivity index (χ1) is 12.9. The third-order valence-electron chi connectivity index (χ3n) is 4.76. The molecule has 4 nitrogen and oxygen atoms in total. The van der Waals surface area contributed by atoms with Crippen LogP contribution in [0.3, 0.4) is 0 Å². The molecular weight excluding hydrogens is 343 g/mol. The maximum Gasteiger partial charge on any atom is 0.262 e. The largest absolute Gasteiger partial charge is 0.483 e. The number of nitrogens with one attached hydrogen (secondary N) is 1. The van der Waals surface area contributed by atoms with E-state index in [1.807, 2.05) is 30.3 Å². The van der Waals surface area contributed by atoms with E-state index < -0.39 is 5.82 Å². The molecule has 1 heterocycles. The second-order valence-electron chi connectivity index (χ2n) is 7.91. The zero-order valence-electron chi connectivity index (χ0n) is 16.2. The molecule has 1 fully saturated rings. The van der Waals surface area contributed by atoms with Gasteiger partial charge in [-0.15, -0.1) is 0 Å². The zero-order valence-corrected chi connectivity index (χ0v) is 16.2. The first-order valence-electron chi connectivity index (χ1n) is 9.42. The number of halogens is 1. The Balaban J connectivity index is 1.71. The summed E-state index contributed by atoms with van der Waals surface area (Å²) in [4.78, 5) is 14.6. The molecule has 0 aliphatic carbocycles. The standard InChI is InChI=1S/C22H27FN2O2/c1-22(2,3)16-9-4-5-12-19(16)27-15-20(26)24-21-17(23)10-8-11-18(21)25-13-6-7-14-25/h4-5,8-12H,6-7,13-15H2,1-3H3,(H,24,26). The van der Waals surface area contributed by atoms with Crippen LogP contribution in [0.2, 0.25) is 0 Å². The summed E-state index contributed by atoms with van der Waals surface area (Å²) in [6, 6.07) is 12.6. The molecule has 0 saturated carbocycles. The van der Waals surface area contributed by atoms with Gasteiger partial charge in [0.1, 0.15) is 17.3 Å². The molecule has 1 saturated heterocycles. The summed E-state index contributed by atoms with van der Waals surface area (Å²) in [7, 11) is 0. The van der Waals surface area contributed by atoms with Crippen molar-refractivity contribution >= 4 is 17.3 Å². The van der Waals surface area contributed by atoms with Crippen molar-refractivity contribution in [2.24, 2.45) is 0 Å². The molecule has 0 radical (unpaired) electrons. The van der Waals surface area contributed by atoms with Gasteiger partial charge in [0, 0.05) is 13.1 Å². The molecule has 1 aliphatic heterocycles. The SMILES string of the molecule is CC(C)(C)c1ccccc1OCC(=O)Nc1c(F)cccc1N1CCCC1. The van der Waals surface area contributed by atoms with Gasteiger partial charge < -0.3 is 15.0 Å². The number of ether oxygens (including phenoxy) is 1. The Morgan fingerprint density at radius 3 is 2.52 bits per heavy atom. The molecule has 0 aromatic heterocycles. The fourth-order valence-electron chi connectivity index (χ4n) is 3.39. The fraction of sp³-hybridized carbons (Fsp3) is 0.409. The van der Waals surface area contributed by atoms with E-state index in [9.17, 15) is 9.18 Å². The maximum absolute atomic E-state index is 14.4. The van der Waals surface area contributed by atoms with Gasteiger partial charge >= 0.3 is 0 Å². The highest BCUT2D eigenvalue weighted by molar-refractivity contribution is 5.95. The Bertz CT molecular complexity index is 808. The first-order valence-corrected chi connectivity index (χ1v) is 9.42. The summed E-state index contributed by atoms with van der Waals surface area (Å²) in [6.07, 6.45) is 2.16. The Morgan fingerprint density at radius 2 is 1.81 bits per heavy atom. The summed E-state index contributed by atoms with van der Waals surface area (Å²) in [5.41, 5.74) is 1.90. The van der Waals surface area contributed by atoms with E-state index in [-0.39, 0.29) is 23.6 Å². The third-order valence-corrected chi connectivity index (χ3v) is 4.76. The number of para-hydroxylation sites is 2. The zero-order chi connectivity index (χ0) is 19.4. The number of anilines is 2. The highest BCUT2D eigenvalue weighted by atomic mass is 19.1. The number of carbonyl (C=O) groups excluding carboxylic acids is 1. The number of hydrogen-bond donors (Lipinski definition) is 1. The predicted molar refractivity (Wildman–Crippen MR) is 107 cm³/mol. The molecule has 0 unspecified atom stereocenters. The average molecular weight is 370 g/mol. The molecule has 2 aromatic rings. The average Bonchev–Trinajstić information content (AvgIpc) is 3.15. The first kappa shape index (κ1) is 19.2. The molecule has 27 heavy (non-hydrogen) atoms. The molecule has 5 heteroatoms. The van der Waals surface area contributed by atoms with Crippen molar-refractivity contribution in [3.63, 3.8) is 0 Å². The van der Waals surface area contributed by atoms with Crippen LogP contribution >= 0.6 is 0 Å². The number of nitrogens with zero attached hydrogens (tertiary/aromatic N) is 1. The van der Waals surface area contributed by atoms with Crippen molar-refractivity contribution in [1.82, 2.24) is 0 Å². The second kappa shape index (κ2) is 7.99. The lowest BCUT2D eigenvalue weighted by atomic mass is 9.86. The molecule has 1 N–H and O–H groups in total. The van der Waals surface area contributed by atoms with E-state index in [0.717, 1.165) is 37.2 Å². The Kier molecular flexibility index (Phi) is 5.68. The summed E-state index contributed by atoms with van der Waals surface area (Å²) < 4.78 is 20.1. The number of carbonyl (C=O) groups is 1. The molecule has 0 bridgehead atoms. The highest BCUT2D eigenvalue weighted by Crippen LogP contribution is 2.32. The van der Waals surface area contributed by atoms with Crippen molar-refractivity contribution in [3.05, 3.63) is 53.8 Å². The lowest BCUT2D eigenvalue weighted by molar-refractivity contribution is -0.118. The predicted octanol–water partition coefficient (Wildman–Crippen LogP) is 4.74. The van der Waals surface area contributed by atoms with Gasteiger partial charge in [-0.05, 0) is 42.0 Å². The summed E-state index contributed by atoms with van der Waals surface area (Å²) in [6.45, 7) is 7.87. The molecule has 2 aromatic carbocycles. The van der Waals surface area contributed by atoms with E-state index >= 15 is 0 Å². The topological polar surface area (TPSA) is 41.6 Å². The lowest BCUT2D eigenvalue weighted by Crippen LogP contribution is -2.25. The van der Waals surface area contributed by atoms with E-state index in [2.05, 4.69) is 31.0 Å². The van der Waals surface area contributed by atoms with Crippen LogP contribution in [0.4, 0.5) is 15.8 Å². The monoisotopic (exact) mass is 370 g/mol. The maximum atomic E-state index is 14.4. The van der Waals surface area contributed by atoms with Crippen molar-refractivity contribution in [2.45, 2.75) is 39.0 Å². The van der Waals surface area contributed by atoms with Crippen LogP contribution in [0, 0.1) is 5.82 Å². The smallest absolute Gasteiger partial charge is 0.262 e. The van der Waals surface area contributed by atoms with Crippen LogP contribution in [0.5, 0.6) is 5.75 Å². The summed E-state index contributed by atoms with van der Waals surface area (Å²) in [5, 5.41) is 2.70. The third kappa shape index (κ3) is 4.59. The Labute approximate surface area is 160 Å². The van der Waals surface area contributed by atoms with Gasteiger partial charge in [0.15, 0.2) is 6.61 Å². The van der Waals surface area contributed by atoms with Crippen LogP contribution in [0.15, 0.2) is 42.5 Å². The van der Waals surface area contributed by atoms with Gasteiger partial charge in [-0.25, -0.2) is 4.39 Å². The fourth-order valence-corrected chi connectivity index (χ4v) is 3.39. The van der Waals surface area contributed by atoms with Gasteiger partial charge in [-0.3, -0.25) is 4.79 Å². The number of rotatable bonds is 5. The summed E-state index contributed by atoms with van der Waals surface area (Å²) in [5.74, 6) is -0.124. The molecule has 1 aliphatic rings. The van der Waals surface area contributed by atoms with E-state index in [4.69, 9.17) is 4.74 Å². The summed E-state index contributed by atoms with van der Waals surface area (Å²) >= 11 is 0. The number of hydrogen-bond acceptors (Lipinski definition) is 3. The number of benzene rings is 2. The normalized spacial score (nSPS) is 14.3. The van der Waals surface area contributed by atoms with Crippen molar-refractivity contribution in [3.8, 4) is 5.75 Å². The minimum Gasteiger partial charge on any atom is -0.483 e. The molecule has 144 valence electrons. The molecule has 3 rings (SSSR count). The second-order valence-corrected chi connectivity index (χ2v) is 7.91. The van der Waals surface area contributed by atoms with E-state index in [0.29, 0.717) is 5.75 Å². The van der Waals surface area contributed by atoms with E-state index in [1.54, 1.807) is 6.07 Å². The van der Waals surface area contributed by atoms with Gasteiger partial charge in [0.05, 0.1) is 5.69 Å². The molecule has 1 amide bonds. The molecule has 0 atom stereocenters. The highest BCUT2D eigenvalue weighted by Gasteiger charge is 2.21. The van der Waals surface area contributed by atoms with Gasteiger partial charge in [0.25, 0.3) is 5.91 Å².